The third-order valence-electron chi connectivity index (χ3n) is 15.1. The van der Waals surface area contributed by atoms with Gasteiger partial charge in [0.15, 0.2) is 0 Å². The Morgan fingerprint density at radius 1 is 0.662 bits per heavy atom. The monoisotopic (exact) mass is 868 g/mol. The average molecular weight is 869 g/mol. The van der Waals surface area contributed by atoms with E-state index in [0.29, 0.717) is 28.9 Å². The van der Waals surface area contributed by atoms with E-state index in [1.165, 1.54) is 0 Å². The molecule has 0 radical (unpaired) electrons. The molecular weight excluding hydrogens is 812 g/mol. The molecule has 2 N–H and O–H groups in total. The van der Waals surface area contributed by atoms with Crippen LogP contribution in [0.1, 0.15) is 100 Å². The van der Waals surface area contributed by atoms with Crippen molar-refractivity contribution in [2.24, 2.45) is 11.8 Å². The second kappa shape index (κ2) is 16.7. The summed E-state index contributed by atoms with van der Waals surface area (Å²) in [5, 5.41) is 2.01. The van der Waals surface area contributed by atoms with E-state index in [4.69, 9.17) is 9.97 Å². The van der Waals surface area contributed by atoms with E-state index in [9.17, 15) is 9.59 Å². The SMILES string of the molecule is CCN(CC)[C@H](C(=O)N1[C@@H]2C[C@@H]2C[C@H]1c1nc2c(ccc3cc(-c4ccc(-c5cnc([C@@H]6C[C@H]7C[C@H]7N6C(=O)[C@@H](c6ccccc6)N(CC)CC)[nH]5)c(F)c4)ccc32)[nH]1)c1ccccc1. The Bertz CT molecular complexity index is 2890. The van der Waals surface area contributed by atoms with E-state index in [1.807, 2.05) is 66.7 Å². The second-order valence-corrected chi connectivity index (χ2v) is 18.6. The summed E-state index contributed by atoms with van der Waals surface area (Å²) in [6, 6.07) is 35.4. The number of nitrogens with zero attached hydrogens (tertiary/aromatic N) is 6. The van der Waals surface area contributed by atoms with Crippen molar-refractivity contribution >= 4 is 33.6 Å². The van der Waals surface area contributed by atoms with Crippen molar-refractivity contribution in [3.05, 3.63) is 144 Å². The molecule has 4 aliphatic rings. The molecule has 2 aromatic heterocycles. The molecule has 2 saturated heterocycles. The standard InChI is InChI=1S/C54H57FN8O2/c1-5-60(6-2)49(32-15-11-9-12-16-32)53(64)62-44-27-37(44)29-46(62)51-56-31-43(58-51)40-23-20-35(26-41(40)55)34-19-22-39-36(25-34)21-24-42-48(39)59-52(57-42)47-30-38-28-45(38)63(47)54(65)50(61(7-3)8-4)33-17-13-10-14-18-33/h9-26,31,37-38,44-47,49-50H,5-8,27-30H2,1-4H3,(H,56,58)(H,57,59)/t37-,38-,44-,45-,46+,47+,49-,50+/m1/s1. The number of fused-ring (bicyclic) bond motifs is 5. The first kappa shape index (κ1) is 41.5. The first-order valence-corrected chi connectivity index (χ1v) is 23.8. The lowest BCUT2D eigenvalue weighted by atomic mass is 9.99. The third kappa shape index (κ3) is 7.24. The minimum Gasteiger partial charge on any atom is -0.340 e. The van der Waals surface area contributed by atoms with Crippen LogP contribution in [0.25, 0.3) is 44.2 Å². The minimum atomic E-state index is -0.368. The van der Waals surface area contributed by atoms with Crippen LogP contribution in [0, 0.1) is 17.7 Å². The van der Waals surface area contributed by atoms with Crippen LogP contribution < -0.4 is 0 Å². The van der Waals surface area contributed by atoms with E-state index in [0.717, 1.165) is 102 Å². The summed E-state index contributed by atoms with van der Waals surface area (Å²) >= 11 is 0. The molecule has 4 fully saturated rings. The van der Waals surface area contributed by atoms with Gasteiger partial charge in [-0.15, -0.1) is 0 Å². The zero-order valence-corrected chi connectivity index (χ0v) is 37.6. The Morgan fingerprint density at radius 3 is 1.78 bits per heavy atom. The number of likely N-dealkylation sites (N-methyl/N-ethyl adjacent to an activating group) is 2. The largest absolute Gasteiger partial charge is 0.340 e. The van der Waals surface area contributed by atoms with E-state index in [-0.39, 0.29) is 53.9 Å². The number of imidazole rings is 2. The lowest BCUT2D eigenvalue weighted by molar-refractivity contribution is -0.140. The van der Waals surface area contributed by atoms with Crippen molar-refractivity contribution in [3.63, 3.8) is 0 Å². The van der Waals surface area contributed by atoms with Gasteiger partial charge in [-0.1, -0.05) is 113 Å². The van der Waals surface area contributed by atoms with Crippen LogP contribution in [0.4, 0.5) is 4.39 Å². The Morgan fingerprint density at radius 2 is 1.22 bits per heavy atom. The Balaban J connectivity index is 0.837. The van der Waals surface area contributed by atoms with Gasteiger partial charge < -0.3 is 19.8 Å². The van der Waals surface area contributed by atoms with Gasteiger partial charge in [0.1, 0.15) is 29.5 Å². The van der Waals surface area contributed by atoms with Gasteiger partial charge in [0.2, 0.25) is 11.8 Å². The summed E-state index contributed by atoms with van der Waals surface area (Å²) in [6.45, 7) is 11.6. The first-order chi connectivity index (χ1) is 31.8. The van der Waals surface area contributed by atoms with Crippen molar-refractivity contribution in [1.82, 2.24) is 39.5 Å². The number of aromatic nitrogens is 4. The average Bonchev–Trinajstić information content (AvgIpc) is 3.95. The number of aromatic amines is 2. The normalized spacial score (nSPS) is 23.1. The van der Waals surface area contributed by atoms with Crippen LogP contribution >= 0.6 is 0 Å². The molecule has 5 aromatic carbocycles. The Labute approximate surface area is 379 Å². The zero-order valence-electron chi connectivity index (χ0n) is 37.6. The maximum atomic E-state index is 16.2. The molecular formula is C54H57FN8O2. The maximum absolute atomic E-state index is 16.2. The minimum absolute atomic E-state index is 0.110. The molecule has 0 bridgehead atoms. The topological polar surface area (TPSA) is 104 Å². The number of carbonyl (C=O) groups excluding carboxylic acids is 2. The summed E-state index contributed by atoms with van der Waals surface area (Å²) in [5.74, 6) is 2.43. The van der Waals surface area contributed by atoms with Crippen LogP contribution in [0.3, 0.4) is 0 Å². The van der Waals surface area contributed by atoms with E-state index < -0.39 is 0 Å². The number of piperidine rings is 2. The molecule has 0 unspecified atom stereocenters. The molecule has 8 atom stereocenters. The van der Waals surface area contributed by atoms with Crippen molar-refractivity contribution < 1.29 is 14.0 Å². The molecule has 10 nitrogen and oxygen atoms in total. The fourth-order valence-corrected chi connectivity index (χ4v) is 11.5. The molecule has 2 aliphatic carbocycles. The quantitative estimate of drug-likeness (QED) is 0.113. The number of amides is 2. The van der Waals surface area contributed by atoms with E-state index in [2.05, 4.69) is 93.7 Å². The molecule has 65 heavy (non-hydrogen) atoms. The van der Waals surface area contributed by atoms with E-state index in [1.54, 1.807) is 12.3 Å². The smallest absolute Gasteiger partial charge is 0.245 e. The summed E-state index contributed by atoms with van der Waals surface area (Å²) < 4.78 is 16.2. The first-order valence-electron chi connectivity index (χ1n) is 23.8. The number of hydrogen-bond donors (Lipinski definition) is 2. The molecule has 11 rings (SSSR count). The van der Waals surface area contributed by atoms with Crippen molar-refractivity contribution in [3.8, 4) is 22.4 Å². The van der Waals surface area contributed by atoms with Crippen LogP contribution in [-0.4, -0.2) is 89.6 Å². The maximum Gasteiger partial charge on any atom is 0.245 e. The highest BCUT2D eigenvalue weighted by Gasteiger charge is 2.57. The third-order valence-corrected chi connectivity index (χ3v) is 15.1. The zero-order chi connectivity index (χ0) is 44.5. The summed E-state index contributed by atoms with van der Waals surface area (Å²) in [6.07, 6.45) is 5.53. The van der Waals surface area contributed by atoms with Gasteiger partial charge in [-0.2, -0.15) is 0 Å². The van der Waals surface area contributed by atoms with Gasteiger partial charge in [0.05, 0.1) is 35.0 Å². The molecule has 7 aromatic rings. The lowest BCUT2D eigenvalue weighted by Crippen LogP contribution is -2.44. The summed E-state index contributed by atoms with van der Waals surface area (Å²) in [7, 11) is 0. The van der Waals surface area contributed by atoms with Crippen LogP contribution in [0.5, 0.6) is 0 Å². The predicted octanol–water partition coefficient (Wildman–Crippen LogP) is 10.4. The highest BCUT2D eigenvalue weighted by Crippen LogP contribution is 2.55. The van der Waals surface area contributed by atoms with Crippen LogP contribution in [-0.2, 0) is 9.59 Å². The summed E-state index contributed by atoms with van der Waals surface area (Å²) in [4.78, 5) is 54.9. The van der Waals surface area contributed by atoms with Gasteiger partial charge in [-0.25, -0.2) is 14.4 Å². The second-order valence-electron chi connectivity index (χ2n) is 18.6. The molecule has 332 valence electrons. The van der Waals surface area contributed by atoms with Gasteiger partial charge >= 0.3 is 0 Å². The highest BCUT2D eigenvalue weighted by atomic mass is 19.1. The fourth-order valence-electron chi connectivity index (χ4n) is 11.5. The fraction of sp³-hybridized carbons (Fsp3) is 0.370. The number of benzene rings is 5. The van der Waals surface area contributed by atoms with E-state index >= 15 is 4.39 Å². The molecule has 2 aliphatic heterocycles. The Kier molecular flexibility index (Phi) is 10.7. The van der Waals surface area contributed by atoms with Crippen molar-refractivity contribution in [2.75, 3.05) is 26.2 Å². The van der Waals surface area contributed by atoms with Gasteiger partial charge in [-0.3, -0.25) is 19.4 Å². The van der Waals surface area contributed by atoms with Crippen LogP contribution in [0.15, 0.2) is 115 Å². The Hall–Kier alpha value is -6.17. The van der Waals surface area contributed by atoms with Crippen LogP contribution in [0.2, 0.25) is 0 Å². The number of hydrogen-bond acceptors (Lipinski definition) is 6. The number of carbonyl (C=O) groups is 2. The summed E-state index contributed by atoms with van der Waals surface area (Å²) in [5.41, 5.74) is 6.55. The van der Waals surface area contributed by atoms with Gasteiger partial charge in [0.25, 0.3) is 0 Å². The number of halogens is 1. The molecule has 0 spiro atoms. The highest BCUT2D eigenvalue weighted by molar-refractivity contribution is 6.05. The molecule has 2 amide bonds. The predicted molar refractivity (Wildman–Crippen MR) is 253 cm³/mol. The molecule has 4 heterocycles. The van der Waals surface area contributed by atoms with Gasteiger partial charge in [-0.05, 0) is 116 Å². The number of H-pyrrole nitrogens is 2. The van der Waals surface area contributed by atoms with Crippen molar-refractivity contribution in [1.29, 1.82) is 0 Å². The number of rotatable bonds is 14. The lowest BCUT2D eigenvalue weighted by Gasteiger charge is -2.35. The number of nitrogens with one attached hydrogen (secondary N) is 2. The van der Waals surface area contributed by atoms with Gasteiger partial charge in [0, 0.05) is 23.0 Å². The number of likely N-dealkylation sites (tertiary alicyclic amines) is 2. The van der Waals surface area contributed by atoms with Crippen molar-refractivity contribution in [2.45, 2.75) is 89.6 Å². The molecule has 2 saturated carbocycles. The molecule has 11 heteroatoms.